The molecule has 6 rings (SSSR count). The smallest absolute Gasteiger partial charge is 0.0991 e. The lowest BCUT2D eigenvalue weighted by molar-refractivity contribution is 1.47. The molecule has 0 saturated heterocycles. The predicted octanol–water partition coefficient (Wildman–Crippen LogP) is 9.00. The number of rotatable bonds is 5. The van der Waals surface area contributed by atoms with Crippen LogP contribution in [0.1, 0.15) is 11.1 Å². The summed E-state index contributed by atoms with van der Waals surface area (Å²) < 4.78 is 2.56. The van der Waals surface area contributed by atoms with Crippen molar-refractivity contribution in [1.82, 2.24) is 0 Å². The van der Waals surface area contributed by atoms with Gasteiger partial charge in [0.1, 0.15) is 0 Å². The number of thiophene rings is 1. The number of nitrogens with one attached hydrogen (secondary N) is 2. The second-order valence-electron chi connectivity index (χ2n) is 8.63. The van der Waals surface area contributed by atoms with Crippen molar-refractivity contribution in [1.29, 1.82) is 10.7 Å². The average molecular weight is 480 g/mol. The molecular formula is C32H21N3S. The maximum Gasteiger partial charge on any atom is 0.0991 e. The van der Waals surface area contributed by atoms with E-state index in [2.05, 4.69) is 72.0 Å². The van der Waals surface area contributed by atoms with Crippen LogP contribution in [0.4, 0.5) is 11.4 Å². The van der Waals surface area contributed by atoms with E-state index < -0.39 is 0 Å². The molecule has 0 unspecified atom stereocenters. The minimum absolute atomic E-state index is 0.628. The van der Waals surface area contributed by atoms with Crippen LogP contribution in [-0.4, -0.2) is 6.21 Å². The van der Waals surface area contributed by atoms with Gasteiger partial charge in [0.05, 0.1) is 11.6 Å². The Kier molecular flexibility index (Phi) is 5.53. The van der Waals surface area contributed by atoms with E-state index in [4.69, 9.17) is 5.41 Å². The van der Waals surface area contributed by atoms with Crippen molar-refractivity contribution < 1.29 is 0 Å². The van der Waals surface area contributed by atoms with Crippen LogP contribution in [0.3, 0.4) is 0 Å². The van der Waals surface area contributed by atoms with Gasteiger partial charge in [-0.15, -0.1) is 11.3 Å². The molecule has 0 atom stereocenters. The van der Waals surface area contributed by atoms with Gasteiger partial charge in [0, 0.05) is 43.3 Å². The summed E-state index contributed by atoms with van der Waals surface area (Å²) in [5, 5.41) is 23.2. The lowest BCUT2D eigenvalue weighted by Crippen LogP contribution is -1.96. The van der Waals surface area contributed by atoms with Gasteiger partial charge in [0.25, 0.3) is 0 Å². The van der Waals surface area contributed by atoms with Gasteiger partial charge in [-0.3, -0.25) is 0 Å². The van der Waals surface area contributed by atoms with E-state index >= 15 is 0 Å². The van der Waals surface area contributed by atoms with Crippen LogP contribution in [0.5, 0.6) is 0 Å². The number of nitriles is 1. The Hall–Kier alpha value is -4.72. The van der Waals surface area contributed by atoms with Crippen molar-refractivity contribution in [2.75, 3.05) is 5.32 Å². The maximum absolute atomic E-state index is 9.44. The van der Waals surface area contributed by atoms with Gasteiger partial charge in [0.2, 0.25) is 0 Å². The van der Waals surface area contributed by atoms with Crippen LogP contribution in [0.25, 0.3) is 42.4 Å². The molecule has 0 radical (unpaired) electrons. The Labute approximate surface area is 213 Å². The number of anilines is 2. The van der Waals surface area contributed by atoms with Gasteiger partial charge in [-0.05, 0) is 58.7 Å². The van der Waals surface area contributed by atoms with Gasteiger partial charge in [-0.2, -0.15) is 5.26 Å². The molecule has 0 spiro atoms. The first-order chi connectivity index (χ1) is 17.7. The van der Waals surface area contributed by atoms with Crippen molar-refractivity contribution in [3.05, 3.63) is 120 Å². The van der Waals surface area contributed by atoms with Crippen LogP contribution in [0, 0.1) is 16.7 Å². The first kappa shape index (κ1) is 21.8. The fourth-order valence-corrected chi connectivity index (χ4v) is 5.90. The Morgan fingerprint density at radius 3 is 2.42 bits per heavy atom. The Bertz CT molecular complexity index is 1810. The highest BCUT2D eigenvalue weighted by molar-refractivity contribution is 7.26. The van der Waals surface area contributed by atoms with E-state index in [0.29, 0.717) is 5.56 Å². The predicted molar refractivity (Wildman–Crippen MR) is 153 cm³/mol. The van der Waals surface area contributed by atoms with Crippen molar-refractivity contribution in [2.24, 2.45) is 0 Å². The minimum atomic E-state index is 0.628. The third-order valence-electron chi connectivity index (χ3n) is 6.37. The Morgan fingerprint density at radius 2 is 1.53 bits per heavy atom. The van der Waals surface area contributed by atoms with E-state index in [1.54, 1.807) is 0 Å². The molecule has 0 saturated carbocycles. The minimum Gasteiger partial charge on any atom is -0.355 e. The molecule has 0 amide bonds. The van der Waals surface area contributed by atoms with Crippen LogP contribution >= 0.6 is 11.3 Å². The van der Waals surface area contributed by atoms with Crippen LogP contribution in [0.2, 0.25) is 0 Å². The van der Waals surface area contributed by atoms with Crippen molar-refractivity contribution >= 4 is 49.1 Å². The number of nitrogens with zero attached hydrogens (tertiary/aromatic N) is 1. The zero-order valence-corrected chi connectivity index (χ0v) is 20.1. The quantitative estimate of drug-likeness (QED) is 0.242. The summed E-state index contributed by atoms with van der Waals surface area (Å²) in [5.41, 5.74) is 7.63. The van der Waals surface area contributed by atoms with Crippen LogP contribution < -0.4 is 5.32 Å². The largest absolute Gasteiger partial charge is 0.355 e. The van der Waals surface area contributed by atoms with E-state index in [-0.39, 0.29) is 0 Å². The number of fused-ring (bicyclic) bond motifs is 3. The second kappa shape index (κ2) is 9.14. The highest BCUT2D eigenvalue weighted by Crippen LogP contribution is 2.42. The van der Waals surface area contributed by atoms with Gasteiger partial charge in [0.15, 0.2) is 0 Å². The highest BCUT2D eigenvalue weighted by atomic mass is 32.1. The van der Waals surface area contributed by atoms with Crippen LogP contribution in [-0.2, 0) is 0 Å². The molecule has 0 aliphatic heterocycles. The summed E-state index contributed by atoms with van der Waals surface area (Å²) >= 11 is 1.82. The molecule has 1 heterocycles. The zero-order valence-electron chi connectivity index (χ0n) is 19.3. The van der Waals surface area contributed by atoms with E-state index in [9.17, 15) is 5.26 Å². The molecule has 36 heavy (non-hydrogen) atoms. The SMILES string of the molecule is N#Cc1cccc(-c2ccc(-c3cccc4c3sc3ccccc34)cc2Nc2cccc(C=N)c2)c1. The summed E-state index contributed by atoms with van der Waals surface area (Å²) in [7, 11) is 0. The fourth-order valence-electron chi connectivity index (χ4n) is 4.66. The lowest BCUT2D eigenvalue weighted by atomic mass is 9.96. The summed E-state index contributed by atoms with van der Waals surface area (Å²) in [6.07, 6.45) is 1.35. The number of benzene rings is 5. The summed E-state index contributed by atoms with van der Waals surface area (Å²) in [6, 6.07) is 39.3. The van der Waals surface area contributed by atoms with Crippen molar-refractivity contribution in [2.45, 2.75) is 0 Å². The van der Waals surface area contributed by atoms with Crippen LogP contribution in [0.15, 0.2) is 109 Å². The number of hydrogen-bond donors (Lipinski definition) is 2. The molecule has 2 N–H and O–H groups in total. The molecule has 4 heteroatoms. The van der Waals surface area contributed by atoms with Crippen molar-refractivity contribution in [3.8, 4) is 28.3 Å². The fraction of sp³-hybridized carbons (Fsp3) is 0. The van der Waals surface area contributed by atoms with Gasteiger partial charge in [-0.1, -0.05) is 72.8 Å². The molecule has 3 nitrogen and oxygen atoms in total. The number of hydrogen-bond acceptors (Lipinski definition) is 4. The topological polar surface area (TPSA) is 59.7 Å². The van der Waals surface area contributed by atoms with Crippen molar-refractivity contribution in [3.63, 3.8) is 0 Å². The normalized spacial score (nSPS) is 10.9. The van der Waals surface area contributed by atoms with E-state index in [1.807, 2.05) is 59.9 Å². The highest BCUT2D eigenvalue weighted by Gasteiger charge is 2.13. The molecule has 170 valence electrons. The molecule has 0 aliphatic rings. The van der Waals surface area contributed by atoms with E-state index in [1.165, 1.54) is 32.0 Å². The van der Waals surface area contributed by atoms with Gasteiger partial charge < -0.3 is 10.7 Å². The van der Waals surface area contributed by atoms with E-state index in [0.717, 1.165) is 33.6 Å². The van der Waals surface area contributed by atoms with Gasteiger partial charge >= 0.3 is 0 Å². The molecule has 5 aromatic carbocycles. The maximum atomic E-state index is 9.44. The molecular weight excluding hydrogens is 458 g/mol. The molecule has 6 aromatic rings. The molecule has 1 aromatic heterocycles. The monoisotopic (exact) mass is 479 g/mol. The second-order valence-corrected chi connectivity index (χ2v) is 9.68. The Balaban J connectivity index is 1.54. The molecule has 0 aliphatic carbocycles. The first-order valence-corrected chi connectivity index (χ1v) is 12.5. The average Bonchev–Trinajstić information content (AvgIpc) is 3.32. The summed E-state index contributed by atoms with van der Waals surface area (Å²) in [5.74, 6) is 0. The van der Waals surface area contributed by atoms with Gasteiger partial charge in [-0.25, -0.2) is 0 Å². The zero-order chi connectivity index (χ0) is 24.5. The lowest BCUT2D eigenvalue weighted by Gasteiger charge is -2.16. The third kappa shape index (κ3) is 3.92. The molecule has 0 bridgehead atoms. The standard InChI is InChI=1S/C32H21N3S/c33-19-21-6-3-8-23(16-21)26-15-14-24(18-30(26)35-25-9-4-7-22(17-25)20-34)27-11-5-12-29-28-10-1-2-13-31(28)36-32(27)29/h1-18,20,34-35H. The summed E-state index contributed by atoms with van der Waals surface area (Å²) in [6.45, 7) is 0. The molecule has 0 fully saturated rings. The Morgan fingerprint density at radius 1 is 0.722 bits per heavy atom. The summed E-state index contributed by atoms with van der Waals surface area (Å²) in [4.78, 5) is 0. The third-order valence-corrected chi connectivity index (χ3v) is 7.59. The first-order valence-electron chi connectivity index (χ1n) is 11.7.